The van der Waals surface area contributed by atoms with Gasteiger partial charge in [-0.2, -0.15) is 0 Å². The van der Waals surface area contributed by atoms with E-state index < -0.39 is 47.7 Å². The lowest BCUT2D eigenvalue weighted by molar-refractivity contribution is -0.140. The second-order valence-electron chi connectivity index (χ2n) is 20.4. The maximum absolute atomic E-state index is 14.4. The SMILES string of the molecule is CC(C)[C@H](NCCNC(=O)CCCN1C(=O)C=CC1=O)C(=O)N[C@@H](CCCNC(N)=O)C(=O)Nc1ccc(C(=O)Nc2ccc3[nH]c(C(=O)N4C[C@@H](CCl)c5c4cc(OC(=O)C4CCN(C)CC4)c4ccccc54)cc3c2)cc1. The lowest BCUT2D eigenvalue weighted by Crippen LogP contribution is -2.54. The molecule has 1 aromatic heterocycles. The smallest absolute Gasteiger partial charge is 0.314 e. The third-order valence-electron chi connectivity index (χ3n) is 14.4. The molecule has 0 aliphatic carbocycles. The van der Waals surface area contributed by atoms with Crippen LogP contribution in [0.2, 0.25) is 0 Å². The maximum atomic E-state index is 14.4. The molecule has 0 unspecified atom stereocenters. The number of anilines is 3. The summed E-state index contributed by atoms with van der Waals surface area (Å²) >= 11 is 6.57. The zero-order valence-electron chi connectivity index (χ0n) is 44.3. The number of hydrogen-bond donors (Lipinski definition) is 8. The zero-order chi connectivity index (χ0) is 56.3. The molecule has 4 aromatic carbocycles. The molecule has 1 fully saturated rings. The summed E-state index contributed by atoms with van der Waals surface area (Å²) in [7, 11) is 2.04. The summed E-state index contributed by atoms with van der Waals surface area (Å²) in [5, 5.41) is 19.2. The van der Waals surface area contributed by atoms with Crippen LogP contribution in [0.4, 0.5) is 21.9 Å². The number of nitrogens with one attached hydrogen (secondary N) is 7. The van der Waals surface area contributed by atoms with Crippen molar-refractivity contribution in [2.75, 3.05) is 74.3 Å². The van der Waals surface area contributed by atoms with Gasteiger partial charge in [-0.05, 0) is 118 Å². The first-order chi connectivity index (χ1) is 38.0. The average Bonchev–Trinajstić information content (AvgIpc) is 4.36. The van der Waals surface area contributed by atoms with Gasteiger partial charge in [-0.15, -0.1) is 11.6 Å². The second kappa shape index (κ2) is 26.0. The average molecular weight is 1100 g/mol. The molecule has 5 aromatic rings. The van der Waals surface area contributed by atoms with Gasteiger partial charge in [0.2, 0.25) is 17.7 Å². The van der Waals surface area contributed by atoms with Crippen LogP contribution >= 0.6 is 11.6 Å². The van der Waals surface area contributed by atoms with Crippen molar-refractivity contribution in [3.8, 4) is 5.75 Å². The molecule has 9 N–H and O–H groups in total. The van der Waals surface area contributed by atoms with Gasteiger partial charge in [0.1, 0.15) is 17.5 Å². The minimum atomic E-state index is -1.04. The van der Waals surface area contributed by atoms with Gasteiger partial charge in [-0.3, -0.25) is 43.3 Å². The summed E-state index contributed by atoms with van der Waals surface area (Å²) in [6.07, 6.45) is 4.62. The lowest BCUT2D eigenvalue weighted by Gasteiger charge is -2.27. The Bertz CT molecular complexity index is 3150. The predicted molar refractivity (Wildman–Crippen MR) is 300 cm³/mol. The molecule has 3 aliphatic heterocycles. The van der Waals surface area contributed by atoms with Crippen LogP contribution in [-0.4, -0.2) is 139 Å². The number of piperidine rings is 1. The maximum Gasteiger partial charge on any atom is 0.314 e. The van der Waals surface area contributed by atoms with E-state index in [0.717, 1.165) is 34.3 Å². The molecular weight excluding hydrogens is 1030 g/mol. The summed E-state index contributed by atoms with van der Waals surface area (Å²) in [6, 6.07) is 20.1. The normalized spacial score (nSPS) is 16.2. The standard InChI is InChI=1S/C57H66ClN11O10/c1-33(2)51(61-24-23-60-47(70)11-7-25-68-48(71)18-19-49(68)72)54(75)66-43(10-6-22-62-57(59)78)53(74)63-38-14-12-34(13-15-38)52(73)64-39-16-17-42-36(28-39)29-44(65-42)55(76)69-32-37(31-58)50-41-9-5-4-8-40(41)46(30-45(50)69)79-56(77)35-20-26-67(3)27-21-35/h4-5,8-9,12-19,28-30,33,35,37,43,51,61,65H,6-7,10-11,20-27,31-32H2,1-3H3,(H,60,70)(H,63,74)(H,64,73)(H,66,75)(H3,59,62,78)/t37-,43+,51+/m1/s1. The number of likely N-dealkylation sites (tertiary alicyclic amines) is 1. The Morgan fingerprint density at radius 1 is 0.810 bits per heavy atom. The van der Waals surface area contributed by atoms with E-state index in [1.165, 1.54) is 24.3 Å². The molecule has 416 valence electrons. The highest BCUT2D eigenvalue weighted by Crippen LogP contribution is 2.46. The van der Waals surface area contributed by atoms with Gasteiger partial charge < -0.3 is 57.2 Å². The molecular formula is C57H66ClN11O10. The Balaban J connectivity index is 0.871. The highest BCUT2D eigenvalue weighted by Gasteiger charge is 2.37. The second-order valence-corrected chi connectivity index (χ2v) is 20.7. The van der Waals surface area contributed by atoms with Gasteiger partial charge in [0, 0.05) is 102 Å². The van der Waals surface area contributed by atoms with Gasteiger partial charge in [0.25, 0.3) is 23.6 Å². The van der Waals surface area contributed by atoms with Crippen molar-refractivity contribution in [1.82, 2.24) is 36.1 Å². The molecule has 8 rings (SSSR count). The first kappa shape index (κ1) is 57.0. The Kier molecular flexibility index (Phi) is 18.8. The van der Waals surface area contributed by atoms with Crippen LogP contribution in [0.3, 0.4) is 0 Å². The molecule has 4 heterocycles. The number of aromatic nitrogens is 1. The minimum absolute atomic E-state index is 0.0937. The van der Waals surface area contributed by atoms with Crippen molar-refractivity contribution in [1.29, 1.82) is 0 Å². The molecule has 79 heavy (non-hydrogen) atoms. The van der Waals surface area contributed by atoms with Gasteiger partial charge in [-0.25, -0.2) is 4.79 Å². The predicted octanol–water partition coefficient (Wildman–Crippen LogP) is 5.11. The number of rotatable bonds is 23. The zero-order valence-corrected chi connectivity index (χ0v) is 45.1. The Hall–Kier alpha value is -8.14. The number of halogens is 1. The van der Waals surface area contributed by atoms with Crippen LogP contribution in [0.15, 0.2) is 91.0 Å². The number of nitrogens with two attached hydrogens (primary N) is 1. The fraction of sp³-hybridized carbons (Fsp3) is 0.386. The van der Waals surface area contributed by atoms with E-state index in [-0.39, 0.29) is 86.0 Å². The number of aromatic amines is 1. The van der Waals surface area contributed by atoms with Crippen molar-refractivity contribution in [2.24, 2.45) is 17.6 Å². The number of alkyl halides is 1. The van der Waals surface area contributed by atoms with Crippen LogP contribution in [0.5, 0.6) is 5.75 Å². The molecule has 22 heteroatoms. The number of esters is 1. The molecule has 0 saturated carbocycles. The summed E-state index contributed by atoms with van der Waals surface area (Å²) in [4.78, 5) is 124. The van der Waals surface area contributed by atoms with Crippen molar-refractivity contribution in [3.05, 3.63) is 108 Å². The number of amides is 9. The molecule has 0 spiro atoms. The number of ether oxygens (including phenoxy) is 1. The van der Waals surface area contributed by atoms with Crippen molar-refractivity contribution in [2.45, 2.75) is 70.4 Å². The summed E-state index contributed by atoms with van der Waals surface area (Å²) < 4.78 is 6.13. The molecule has 0 radical (unpaired) electrons. The van der Waals surface area contributed by atoms with E-state index in [2.05, 4.69) is 41.8 Å². The number of carbonyl (C=O) groups excluding carboxylic acids is 9. The minimum Gasteiger partial charge on any atom is -0.426 e. The lowest BCUT2D eigenvalue weighted by atomic mass is 9.95. The van der Waals surface area contributed by atoms with Crippen LogP contribution < -0.4 is 47.3 Å². The van der Waals surface area contributed by atoms with Crippen LogP contribution in [-0.2, 0) is 28.8 Å². The van der Waals surface area contributed by atoms with Crippen LogP contribution in [0.1, 0.15) is 84.7 Å². The van der Waals surface area contributed by atoms with E-state index >= 15 is 0 Å². The molecule has 1 saturated heterocycles. The fourth-order valence-electron chi connectivity index (χ4n) is 10.1. The topological polar surface area (TPSA) is 287 Å². The monoisotopic (exact) mass is 1100 g/mol. The Labute approximate surface area is 461 Å². The van der Waals surface area contributed by atoms with E-state index in [9.17, 15) is 43.2 Å². The van der Waals surface area contributed by atoms with Crippen molar-refractivity contribution >= 4 is 104 Å². The number of H-pyrrole nitrogens is 1. The Morgan fingerprint density at radius 3 is 2.22 bits per heavy atom. The van der Waals surface area contributed by atoms with E-state index in [0.29, 0.717) is 71.6 Å². The van der Waals surface area contributed by atoms with E-state index in [1.807, 2.05) is 45.2 Å². The van der Waals surface area contributed by atoms with E-state index in [4.69, 9.17) is 22.1 Å². The largest absolute Gasteiger partial charge is 0.426 e. The number of carbonyl (C=O) groups is 9. The number of urea groups is 1. The summed E-state index contributed by atoms with van der Waals surface area (Å²) in [5.74, 6) is -3.08. The number of hydrogen-bond acceptors (Lipinski definition) is 12. The van der Waals surface area contributed by atoms with Gasteiger partial charge >= 0.3 is 12.0 Å². The molecule has 21 nitrogen and oxygen atoms in total. The van der Waals surface area contributed by atoms with Crippen LogP contribution in [0.25, 0.3) is 21.7 Å². The number of nitrogens with zero attached hydrogens (tertiary/aromatic N) is 3. The van der Waals surface area contributed by atoms with Crippen molar-refractivity contribution in [3.63, 3.8) is 0 Å². The number of primary amides is 1. The van der Waals surface area contributed by atoms with E-state index in [1.54, 1.807) is 47.4 Å². The van der Waals surface area contributed by atoms with Gasteiger partial charge in [-0.1, -0.05) is 38.1 Å². The Morgan fingerprint density at radius 2 is 1.52 bits per heavy atom. The van der Waals surface area contributed by atoms with Gasteiger partial charge in [0.05, 0.1) is 17.6 Å². The summed E-state index contributed by atoms with van der Waals surface area (Å²) in [6.45, 7) is 6.29. The molecule has 3 atom stereocenters. The third-order valence-corrected chi connectivity index (χ3v) is 14.8. The highest BCUT2D eigenvalue weighted by atomic mass is 35.5. The number of benzene rings is 4. The highest BCUT2D eigenvalue weighted by molar-refractivity contribution is 6.19. The fourth-order valence-corrected chi connectivity index (χ4v) is 10.4. The number of fused-ring (bicyclic) bond motifs is 4. The first-order valence-corrected chi connectivity index (χ1v) is 27.1. The third kappa shape index (κ3) is 14.1. The first-order valence-electron chi connectivity index (χ1n) is 26.5. The molecule has 3 aliphatic rings. The number of imide groups is 1. The summed E-state index contributed by atoms with van der Waals surface area (Å²) in [5.41, 5.74) is 8.85. The van der Waals surface area contributed by atoms with Crippen LogP contribution in [0, 0.1) is 11.8 Å². The van der Waals surface area contributed by atoms with Gasteiger partial charge in [0.15, 0.2) is 0 Å². The molecule has 0 bridgehead atoms. The quantitative estimate of drug-likeness (QED) is 0.0139. The van der Waals surface area contributed by atoms with Crippen molar-refractivity contribution < 1.29 is 47.9 Å². The molecule has 9 amide bonds.